The topological polar surface area (TPSA) is 48.2 Å². The monoisotopic (exact) mass is 410 g/mol. The van der Waals surface area contributed by atoms with Crippen molar-refractivity contribution >= 4 is 0 Å². The molecule has 30 heavy (non-hydrogen) atoms. The summed E-state index contributed by atoms with van der Waals surface area (Å²) in [6.07, 6.45) is -4.54. The Morgan fingerprint density at radius 2 is 1.57 bits per heavy atom. The van der Waals surface area contributed by atoms with Crippen LogP contribution < -0.4 is 4.74 Å². The molecule has 4 rings (SSSR count). The molecule has 1 heterocycles. The van der Waals surface area contributed by atoms with E-state index < -0.39 is 11.7 Å². The van der Waals surface area contributed by atoms with Gasteiger partial charge in [-0.25, -0.2) is 0 Å². The van der Waals surface area contributed by atoms with Gasteiger partial charge in [0, 0.05) is 11.1 Å². The van der Waals surface area contributed by atoms with Gasteiger partial charge < -0.3 is 9.26 Å². The zero-order valence-corrected chi connectivity index (χ0v) is 16.2. The number of hydrogen-bond acceptors (Lipinski definition) is 4. The van der Waals surface area contributed by atoms with Gasteiger partial charge in [0.25, 0.3) is 5.89 Å². The van der Waals surface area contributed by atoms with Crippen LogP contribution in [0.5, 0.6) is 5.75 Å². The second-order valence-corrected chi connectivity index (χ2v) is 6.72. The van der Waals surface area contributed by atoms with Crippen molar-refractivity contribution < 1.29 is 22.4 Å². The molecular formula is C23H17F3N2O2. The Morgan fingerprint density at radius 3 is 2.23 bits per heavy atom. The normalized spacial score (nSPS) is 11.5. The molecule has 0 aliphatic carbocycles. The van der Waals surface area contributed by atoms with Crippen LogP contribution in [0.15, 0.2) is 71.3 Å². The lowest BCUT2D eigenvalue weighted by Gasteiger charge is -2.15. The summed E-state index contributed by atoms with van der Waals surface area (Å²) in [4.78, 5) is 4.26. The maximum atomic E-state index is 13.8. The van der Waals surface area contributed by atoms with Crippen molar-refractivity contribution in [2.24, 2.45) is 0 Å². The second kappa shape index (κ2) is 7.67. The molecule has 0 radical (unpaired) electrons. The van der Waals surface area contributed by atoms with Gasteiger partial charge in [0.05, 0.1) is 12.7 Å². The highest BCUT2D eigenvalue weighted by molar-refractivity contribution is 5.74. The van der Waals surface area contributed by atoms with Crippen LogP contribution in [0.25, 0.3) is 34.0 Å². The molecule has 0 bridgehead atoms. The quantitative estimate of drug-likeness (QED) is 0.390. The molecule has 4 aromatic rings. The smallest absolute Gasteiger partial charge is 0.417 e. The van der Waals surface area contributed by atoms with Crippen molar-refractivity contribution in [1.29, 1.82) is 0 Å². The molecular weight excluding hydrogens is 393 g/mol. The highest BCUT2D eigenvalue weighted by atomic mass is 19.4. The second-order valence-electron chi connectivity index (χ2n) is 6.72. The maximum absolute atomic E-state index is 13.8. The average Bonchev–Trinajstić information content (AvgIpc) is 3.23. The van der Waals surface area contributed by atoms with E-state index in [0.29, 0.717) is 16.9 Å². The molecule has 0 saturated carbocycles. The predicted molar refractivity (Wildman–Crippen MR) is 107 cm³/mol. The molecule has 0 saturated heterocycles. The van der Waals surface area contributed by atoms with Crippen molar-refractivity contribution in [2.75, 3.05) is 7.11 Å². The SMILES string of the molecule is COc1ccc(-c2noc(-c3ccc(-c4ccccc4C)c(C(F)(F)F)c3)n2)cc1. The Morgan fingerprint density at radius 1 is 0.867 bits per heavy atom. The number of halogens is 3. The number of aryl methyl sites for hydroxylation is 1. The number of rotatable bonds is 4. The molecule has 0 spiro atoms. The molecule has 0 amide bonds. The van der Waals surface area contributed by atoms with E-state index in [0.717, 1.165) is 11.6 Å². The minimum absolute atomic E-state index is 0.0163. The van der Waals surface area contributed by atoms with E-state index in [1.807, 2.05) is 0 Å². The van der Waals surface area contributed by atoms with Crippen LogP contribution in [-0.4, -0.2) is 17.3 Å². The third-order valence-electron chi connectivity index (χ3n) is 4.78. The van der Waals surface area contributed by atoms with Gasteiger partial charge in [-0.15, -0.1) is 0 Å². The first-order chi connectivity index (χ1) is 14.4. The van der Waals surface area contributed by atoms with Crippen LogP contribution in [0, 0.1) is 6.92 Å². The lowest BCUT2D eigenvalue weighted by Crippen LogP contribution is -2.08. The lowest BCUT2D eigenvalue weighted by molar-refractivity contribution is -0.137. The van der Waals surface area contributed by atoms with Gasteiger partial charge >= 0.3 is 6.18 Å². The van der Waals surface area contributed by atoms with Gasteiger partial charge in [-0.3, -0.25) is 0 Å². The van der Waals surface area contributed by atoms with E-state index >= 15 is 0 Å². The number of hydrogen-bond donors (Lipinski definition) is 0. The summed E-state index contributed by atoms with van der Waals surface area (Å²) in [6.45, 7) is 1.78. The Labute approximate surface area is 170 Å². The minimum Gasteiger partial charge on any atom is -0.497 e. The summed E-state index contributed by atoms with van der Waals surface area (Å²) in [5.74, 6) is 0.968. The number of methoxy groups -OCH3 is 1. The van der Waals surface area contributed by atoms with Crippen LogP contribution in [-0.2, 0) is 6.18 Å². The number of alkyl halides is 3. The highest BCUT2D eigenvalue weighted by Gasteiger charge is 2.34. The van der Waals surface area contributed by atoms with Crippen molar-refractivity contribution in [2.45, 2.75) is 13.1 Å². The molecule has 0 aliphatic heterocycles. The van der Waals surface area contributed by atoms with Crippen LogP contribution in [0.2, 0.25) is 0 Å². The molecule has 1 aromatic heterocycles. The fourth-order valence-electron chi connectivity index (χ4n) is 3.22. The molecule has 0 unspecified atom stereocenters. The van der Waals surface area contributed by atoms with Crippen molar-refractivity contribution in [3.63, 3.8) is 0 Å². The minimum atomic E-state index is -4.54. The van der Waals surface area contributed by atoms with Crippen molar-refractivity contribution in [3.8, 4) is 39.7 Å². The van der Waals surface area contributed by atoms with E-state index in [9.17, 15) is 13.2 Å². The number of benzene rings is 3. The zero-order valence-electron chi connectivity index (χ0n) is 16.2. The molecule has 0 atom stereocenters. The highest BCUT2D eigenvalue weighted by Crippen LogP contribution is 2.40. The first kappa shape index (κ1) is 19.7. The standard InChI is InChI=1S/C23H17F3N2O2/c1-14-5-3-4-6-18(14)19-12-9-16(13-20(19)23(24,25)26)22-27-21(28-30-22)15-7-10-17(29-2)11-8-15/h3-13H,1-2H3. The van der Waals surface area contributed by atoms with Gasteiger partial charge in [-0.05, 0) is 60.0 Å². The van der Waals surface area contributed by atoms with Gasteiger partial charge in [-0.1, -0.05) is 35.5 Å². The molecule has 3 aromatic carbocycles. The van der Waals surface area contributed by atoms with Crippen LogP contribution in [0.1, 0.15) is 11.1 Å². The molecule has 4 nitrogen and oxygen atoms in total. The van der Waals surface area contributed by atoms with E-state index in [2.05, 4.69) is 10.1 Å². The van der Waals surface area contributed by atoms with E-state index in [4.69, 9.17) is 9.26 Å². The Hall–Kier alpha value is -3.61. The largest absolute Gasteiger partial charge is 0.497 e. The molecule has 152 valence electrons. The summed E-state index contributed by atoms with van der Waals surface area (Å²) >= 11 is 0. The summed E-state index contributed by atoms with van der Waals surface area (Å²) in [6, 6.07) is 18.0. The first-order valence-electron chi connectivity index (χ1n) is 9.12. The molecule has 0 N–H and O–H groups in total. The fraction of sp³-hybridized carbons (Fsp3) is 0.130. The third kappa shape index (κ3) is 3.78. The van der Waals surface area contributed by atoms with E-state index in [-0.39, 0.29) is 22.8 Å². The van der Waals surface area contributed by atoms with Gasteiger partial charge in [0.15, 0.2) is 0 Å². The van der Waals surface area contributed by atoms with Crippen LogP contribution >= 0.6 is 0 Å². The summed E-state index contributed by atoms with van der Waals surface area (Å²) in [7, 11) is 1.56. The van der Waals surface area contributed by atoms with Crippen molar-refractivity contribution in [1.82, 2.24) is 10.1 Å². The Kier molecular flexibility index (Phi) is 5.03. The Balaban J connectivity index is 1.75. The summed E-state index contributed by atoms with van der Waals surface area (Å²) < 4.78 is 51.8. The van der Waals surface area contributed by atoms with E-state index in [1.165, 1.54) is 6.07 Å². The number of ether oxygens (including phenoxy) is 1. The van der Waals surface area contributed by atoms with Crippen LogP contribution in [0.3, 0.4) is 0 Å². The Bertz CT molecular complexity index is 1180. The first-order valence-corrected chi connectivity index (χ1v) is 9.12. The molecule has 0 aliphatic rings. The van der Waals surface area contributed by atoms with E-state index in [1.54, 1.807) is 68.6 Å². The zero-order chi connectivity index (χ0) is 21.3. The third-order valence-corrected chi connectivity index (χ3v) is 4.78. The predicted octanol–water partition coefficient (Wildman–Crippen LogP) is 6.41. The van der Waals surface area contributed by atoms with Gasteiger partial charge in [-0.2, -0.15) is 18.2 Å². The number of nitrogens with zero attached hydrogens (tertiary/aromatic N) is 2. The van der Waals surface area contributed by atoms with Gasteiger partial charge in [0.1, 0.15) is 5.75 Å². The van der Waals surface area contributed by atoms with Gasteiger partial charge in [0.2, 0.25) is 5.82 Å². The fourth-order valence-corrected chi connectivity index (χ4v) is 3.22. The molecule has 0 fully saturated rings. The molecule has 7 heteroatoms. The van der Waals surface area contributed by atoms with Crippen LogP contribution in [0.4, 0.5) is 13.2 Å². The lowest BCUT2D eigenvalue weighted by atomic mass is 9.94. The maximum Gasteiger partial charge on any atom is 0.417 e. The average molecular weight is 410 g/mol. The summed E-state index contributed by atoms with van der Waals surface area (Å²) in [5.41, 5.74) is 1.51. The summed E-state index contributed by atoms with van der Waals surface area (Å²) in [5, 5.41) is 3.90. The van der Waals surface area contributed by atoms with Crippen molar-refractivity contribution in [3.05, 3.63) is 77.9 Å². The number of aromatic nitrogens is 2.